The van der Waals surface area contributed by atoms with Crippen LogP contribution in [0.3, 0.4) is 0 Å². The third kappa shape index (κ3) is 3.76. The maximum Gasteiger partial charge on any atom is 0.209 e. The molecule has 0 heterocycles. The summed E-state index contributed by atoms with van der Waals surface area (Å²) in [6.07, 6.45) is 0.433. The van der Waals surface area contributed by atoms with E-state index in [-0.39, 0.29) is 5.75 Å². The molecule has 78 valence electrons. The van der Waals surface area contributed by atoms with Crippen LogP contribution in [0.15, 0.2) is 24.3 Å². The number of primary sulfonamides is 1. The molecule has 1 rings (SSSR count). The quantitative estimate of drug-likeness (QED) is 0.796. The van der Waals surface area contributed by atoms with Gasteiger partial charge in [0.25, 0.3) is 0 Å². The van der Waals surface area contributed by atoms with Crippen molar-refractivity contribution in [2.24, 2.45) is 5.14 Å². The van der Waals surface area contributed by atoms with Gasteiger partial charge in [-0.05, 0) is 24.1 Å². The number of nitrogens with two attached hydrogens (primary N) is 1. The van der Waals surface area contributed by atoms with Crippen LogP contribution in [0.1, 0.15) is 5.56 Å². The van der Waals surface area contributed by atoms with Crippen LogP contribution in [-0.4, -0.2) is 21.3 Å². The first-order chi connectivity index (χ1) is 6.51. The molecule has 5 heteroatoms. The van der Waals surface area contributed by atoms with E-state index in [0.717, 1.165) is 11.3 Å². The van der Waals surface area contributed by atoms with Gasteiger partial charge >= 0.3 is 0 Å². The van der Waals surface area contributed by atoms with E-state index in [1.54, 1.807) is 19.2 Å². The van der Waals surface area contributed by atoms with Gasteiger partial charge in [0, 0.05) is 0 Å². The molecule has 4 nitrogen and oxygen atoms in total. The maximum absolute atomic E-state index is 10.7. The second-order valence-electron chi connectivity index (χ2n) is 2.97. The summed E-state index contributed by atoms with van der Waals surface area (Å²) < 4.78 is 26.3. The molecule has 0 aliphatic heterocycles. The number of hydrogen-bond acceptors (Lipinski definition) is 3. The topological polar surface area (TPSA) is 69.4 Å². The van der Waals surface area contributed by atoms with Crippen molar-refractivity contribution in [3.8, 4) is 5.75 Å². The molecule has 0 aliphatic rings. The van der Waals surface area contributed by atoms with Crippen LogP contribution in [0, 0.1) is 0 Å². The van der Waals surface area contributed by atoms with Gasteiger partial charge in [0.1, 0.15) is 5.75 Å². The smallest absolute Gasteiger partial charge is 0.209 e. The van der Waals surface area contributed by atoms with Gasteiger partial charge in [0.05, 0.1) is 12.9 Å². The Kier molecular flexibility index (Phi) is 3.49. The Bertz CT molecular complexity index is 383. The van der Waals surface area contributed by atoms with Gasteiger partial charge in [-0.3, -0.25) is 0 Å². The van der Waals surface area contributed by atoms with Gasteiger partial charge < -0.3 is 4.74 Å². The van der Waals surface area contributed by atoms with Crippen molar-refractivity contribution in [3.63, 3.8) is 0 Å². The Hall–Kier alpha value is -1.07. The first-order valence-corrected chi connectivity index (χ1v) is 5.86. The fourth-order valence-electron chi connectivity index (χ4n) is 1.05. The number of hydrogen-bond donors (Lipinski definition) is 1. The van der Waals surface area contributed by atoms with Gasteiger partial charge in [-0.25, -0.2) is 13.6 Å². The summed E-state index contributed by atoms with van der Waals surface area (Å²) in [5, 5.41) is 4.89. The van der Waals surface area contributed by atoms with E-state index in [1.165, 1.54) is 0 Å². The lowest BCUT2D eigenvalue weighted by atomic mass is 10.2. The minimum atomic E-state index is -3.37. The predicted octanol–water partition coefficient (Wildman–Crippen LogP) is 0.526. The highest BCUT2D eigenvalue weighted by Crippen LogP contribution is 2.11. The number of methoxy groups -OCH3 is 1. The molecule has 0 aromatic heterocycles. The van der Waals surface area contributed by atoms with E-state index in [9.17, 15) is 8.42 Å². The molecule has 0 radical (unpaired) electrons. The molecule has 14 heavy (non-hydrogen) atoms. The second kappa shape index (κ2) is 4.43. The van der Waals surface area contributed by atoms with Crippen molar-refractivity contribution in [2.75, 3.05) is 12.9 Å². The number of ether oxygens (including phenoxy) is 1. The molecule has 0 atom stereocenters. The van der Waals surface area contributed by atoms with Crippen molar-refractivity contribution in [1.82, 2.24) is 0 Å². The fourth-order valence-corrected chi connectivity index (χ4v) is 1.57. The Morgan fingerprint density at radius 3 is 2.29 bits per heavy atom. The normalized spacial score (nSPS) is 11.3. The summed E-state index contributed by atoms with van der Waals surface area (Å²) in [4.78, 5) is 0. The number of benzene rings is 1. The van der Waals surface area contributed by atoms with Crippen LogP contribution in [0.5, 0.6) is 5.75 Å². The second-order valence-corrected chi connectivity index (χ2v) is 4.70. The molecule has 0 unspecified atom stereocenters. The van der Waals surface area contributed by atoms with Crippen molar-refractivity contribution in [1.29, 1.82) is 0 Å². The molecule has 0 bridgehead atoms. The fraction of sp³-hybridized carbons (Fsp3) is 0.333. The molecule has 0 saturated heterocycles. The molecule has 2 N–H and O–H groups in total. The lowest BCUT2D eigenvalue weighted by Gasteiger charge is -2.02. The number of aryl methyl sites for hydroxylation is 1. The van der Waals surface area contributed by atoms with Crippen LogP contribution in [0.4, 0.5) is 0 Å². The van der Waals surface area contributed by atoms with Gasteiger partial charge in [-0.2, -0.15) is 0 Å². The number of sulfonamides is 1. The summed E-state index contributed by atoms with van der Waals surface area (Å²) in [6, 6.07) is 7.23. The van der Waals surface area contributed by atoms with Gasteiger partial charge in [0.2, 0.25) is 10.0 Å². The Morgan fingerprint density at radius 2 is 1.86 bits per heavy atom. The number of rotatable bonds is 4. The van der Waals surface area contributed by atoms with Crippen molar-refractivity contribution in [2.45, 2.75) is 6.42 Å². The average Bonchev–Trinajstić information content (AvgIpc) is 2.14. The summed E-state index contributed by atoms with van der Waals surface area (Å²) in [5.74, 6) is 0.726. The molecule has 0 saturated carbocycles. The van der Waals surface area contributed by atoms with Crippen LogP contribution < -0.4 is 9.88 Å². The average molecular weight is 215 g/mol. The lowest BCUT2D eigenvalue weighted by molar-refractivity contribution is 0.414. The maximum atomic E-state index is 10.7. The van der Waals surface area contributed by atoms with E-state index in [0.29, 0.717) is 6.42 Å². The Morgan fingerprint density at radius 1 is 1.29 bits per heavy atom. The highest BCUT2D eigenvalue weighted by atomic mass is 32.2. The molecule has 0 aliphatic carbocycles. The minimum Gasteiger partial charge on any atom is -0.497 e. The molecule has 0 amide bonds. The third-order valence-electron chi connectivity index (χ3n) is 1.83. The minimum absolute atomic E-state index is 0.0284. The molecular formula is C9H13NO3S. The largest absolute Gasteiger partial charge is 0.497 e. The zero-order valence-corrected chi connectivity index (χ0v) is 8.75. The molecule has 0 spiro atoms. The first-order valence-electron chi connectivity index (χ1n) is 4.15. The summed E-state index contributed by atoms with van der Waals surface area (Å²) in [7, 11) is -1.79. The zero-order valence-electron chi connectivity index (χ0n) is 7.93. The summed E-state index contributed by atoms with van der Waals surface area (Å²) in [6.45, 7) is 0. The molecule has 0 fully saturated rings. The van der Waals surface area contributed by atoms with Crippen molar-refractivity contribution < 1.29 is 13.2 Å². The first kappa shape index (κ1) is 11.0. The third-order valence-corrected chi connectivity index (χ3v) is 2.61. The van der Waals surface area contributed by atoms with Crippen LogP contribution in [0.25, 0.3) is 0 Å². The van der Waals surface area contributed by atoms with E-state index in [2.05, 4.69) is 0 Å². The van der Waals surface area contributed by atoms with E-state index in [1.807, 2.05) is 12.1 Å². The highest BCUT2D eigenvalue weighted by Gasteiger charge is 2.03. The van der Waals surface area contributed by atoms with Crippen molar-refractivity contribution >= 4 is 10.0 Å². The standard InChI is InChI=1S/C9H13NO3S/c1-13-9-4-2-8(3-5-9)6-7-14(10,11)12/h2-5H,6-7H2,1H3,(H2,10,11,12). The van der Waals surface area contributed by atoms with Crippen LogP contribution in [0.2, 0.25) is 0 Å². The summed E-state index contributed by atoms with van der Waals surface area (Å²) >= 11 is 0. The molecular weight excluding hydrogens is 202 g/mol. The highest BCUT2D eigenvalue weighted by molar-refractivity contribution is 7.89. The lowest BCUT2D eigenvalue weighted by Crippen LogP contribution is -2.17. The molecule has 1 aromatic rings. The van der Waals surface area contributed by atoms with Crippen molar-refractivity contribution in [3.05, 3.63) is 29.8 Å². The zero-order chi connectivity index (χ0) is 10.6. The van der Waals surface area contributed by atoms with Gasteiger partial charge in [0.15, 0.2) is 0 Å². The summed E-state index contributed by atoms with van der Waals surface area (Å²) in [5.41, 5.74) is 0.930. The Labute approximate surface area is 83.7 Å². The van der Waals surface area contributed by atoms with E-state index < -0.39 is 10.0 Å². The van der Waals surface area contributed by atoms with E-state index in [4.69, 9.17) is 9.88 Å². The van der Waals surface area contributed by atoms with Gasteiger partial charge in [-0.1, -0.05) is 12.1 Å². The SMILES string of the molecule is COc1ccc(CCS(N)(=O)=O)cc1. The van der Waals surface area contributed by atoms with Crippen LogP contribution >= 0.6 is 0 Å². The van der Waals surface area contributed by atoms with E-state index >= 15 is 0 Å². The Balaban J connectivity index is 2.61. The molecule has 1 aromatic carbocycles. The monoisotopic (exact) mass is 215 g/mol. The predicted molar refractivity (Wildman–Crippen MR) is 54.7 cm³/mol. The van der Waals surface area contributed by atoms with Gasteiger partial charge in [-0.15, -0.1) is 0 Å². The van der Waals surface area contributed by atoms with Crippen LogP contribution in [-0.2, 0) is 16.4 Å².